The van der Waals surface area contributed by atoms with Crippen LogP contribution in [0.4, 0.5) is 0 Å². The van der Waals surface area contributed by atoms with Crippen LogP contribution in [0.3, 0.4) is 0 Å². The zero-order valence-corrected chi connectivity index (χ0v) is 12.3. The van der Waals surface area contributed by atoms with E-state index < -0.39 is 0 Å². The Morgan fingerprint density at radius 3 is 2.35 bits per heavy atom. The highest BCUT2D eigenvalue weighted by atomic mass is 15.5. The molecule has 1 N–H and O–H groups in total. The van der Waals surface area contributed by atoms with Gasteiger partial charge >= 0.3 is 0 Å². The maximum absolute atomic E-state index is 3.71. The predicted octanol–water partition coefficient (Wildman–Crippen LogP) is 3.97. The van der Waals surface area contributed by atoms with Crippen molar-refractivity contribution in [3.05, 3.63) is 0 Å². The normalized spacial score (nSPS) is 28.2. The van der Waals surface area contributed by atoms with Crippen molar-refractivity contribution in [3.8, 4) is 0 Å². The summed E-state index contributed by atoms with van der Waals surface area (Å²) in [6.07, 6.45) is 9.50. The summed E-state index contributed by atoms with van der Waals surface area (Å²) in [7, 11) is 0. The number of nitrogens with zero attached hydrogens (tertiary/aromatic N) is 1. The van der Waals surface area contributed by atoms with Gasteiger partial charge in [0.2, 0.25) is 0 Å². The van der Waals surface area contributed by atoms with Crippen LogP contribution in [0.2, 0.25) is 0 Å². The van der Waals surface area contributed by atoms with Gasteiger partial charge in [0, 0.05) is 18.6 Å². The molecule has 1 rings (SSSR count). The summed E-state index contributed by atoms with van der Waals surface area (Å²) in [5.74, 6) is 0.858. The first-order valence-electron chi connectivity index (χ1n) is 7.70. The Balaban J connectivity index is 2.31. The van der Waals surface area contributed by atoms with E-state index in [4.69, 9.17) is 0 Å². The summed E-state index contributed by atoms with van der Waals surface area (Å²) in [5, 5.41) is 2.51. The van der Waals surface area contributed by atoms with Crippen LogP contribution >= 0.6 is 0 Å². The molecule has 1 aliphatic rings. The van der Waals surface area contributed by atoms with Crippen LogP contribution in [0.1, 0.15) is 72.6 Å². The molecule has 102 valence electrons. The maximum Gasteiger partial charge on any atom is 0.0218 e. The van der Waals surface area contributed by atoms with Crippen molar-refractivity contribution in [2.24, 2.45) is 5.92 Å². The monoisotopic (exact) mass is 240 g/mol. The fraction of sp³-hybridized carbons (Fsp3) is 1.00. The Hall–Kier alpha value is -0.0800. The second-order valence-corrected chi connectivity index (χ2v) is 5.81. The minimum Gasteiger partial charge on any atom is -0.254 e. The number of unbranched alkanes of at least 4 members (excludes halogenated alkanes) is 1. The highest BCUT2D eigenvalue weighted by Crippen LogP contribution is 2.21. The molecule has 0 spiro atoms. The molecular weight excluding hydrogens is 208 g/mol. The van der Waals surface area contributed by atoms with E-state index in [2.05, 4.69) is 38.1 Å². The van der Waals surface area contributed by atoms with E-state index in [1.807, 2.05) is 0 Å². The number of hydrogen-bond donors (Lipinski definition) is 1. The van der Waals surface area contributed by atoms with Crippen molar-refractivity contribution in [2.45, 2.75) is 84.7 Å². The number of nitrogens with one attached hydrogen (secondary N) is 1. The Morgan fingerprint density at radius 1 is 1.18 bits per heavy atom. The lowest BCUT2D eigenvalue weighted by molar-refractivity contribution is 0.0396. The largest absolute Gasteiger partial charge is 0.254 e. The van der Waals surface area contributed by atoms with Crippen LogP contribution in [0.15, 0.2) is 0 Å². The highest BCUT2D eigenvalue weighted by Gasteiger charge is 2.24. The van der Waals surface area contributed by atoms with E-state index >= 15 is 0 Å². The van der Waals surface area contributed by atoms with Gasteiger partial charge in [0.05, 0.1) is 0 Å². The molecule has 1 aliphatic heterocycles. The van der Waals surface area contributed by atoms with Crippen molar-refractivity contribution in [1.82, 2.24) is 10.4 Å². The van der Waals surface area contributed by atoms with Gasteiger partial charge in [0.15, 0.2) is 0 Å². The van der Waals surface area contributed by atoms with Gasteiger partial charge in [-0.25, -0.2) is 5.01 Å². The second kappa shape index (κ2) is 8.10. The van der Waals surface area contributed by atoms with Gasteiger partial charge in [-0.3, -0.25) is 5.43 Å². The number of rotatable bonds is 7. The first kappa shape index (κ1) is 15.0. The van der Waals surface area contributed by atoms with Gasteiger partial charge in [-0.2, -0.15) is 0 Å². The summed E-state index contributed by atoms with van der Waals surface area (Å²) in [5.41, 5.74) is 3.71. The molecule has 0 aromatic rings. The molecule has 2 heteroatoms. The highest BCUT2D eigenvalue weighted by molar-refractivity contribution is 4.77. The number of hydrogen-bond acceptors (Lipinski definition) is 2. The fourth-order valence-electron chi connectivity index (χ4n) is 2.91. The Bertz CT molecular complexity index is 183. The standard InChI is InChI=1S/C15H32N2/c1-5-7-11-15(6-2)12-16-17-13(3)9-8-10-14(17)4/h13-16H,5-12H2,1-4H3. The molecule has 1 heterocycles. The van der Waals surface area contributed by atoms with Crippen molar-refractivity contribution >= 4 is 0 Å². The average molecular weight is 240 g/mol. The summed E-state index contributed by atoms with van der Waals surface area (Å²) in [6.45, 7) is 10.5. The van der Waals surface area contributed by atoms with Crippen LogP contribution < -0.4 is 5.43 Å². The van der Waals surface area contributed by atoms with Crippen LogP contribution in [-0.2, 0) is 0 Å². The quantitative estimate of drug-likeness (QED) is 0.724. The summed E-state index contributed by atoms with van der Waals surface area (Å²) in [4.78, 5) is 0. The number of piperidine rings is 1. The summed E-state index contributed by atoms with van der Waals surface area (Å²) < 4.78 is 0. The van der Waals surface area contributed by atoms with Crippen molar-refractivity contribution in [3.63, 3.8) is 0 Å². The maximum atomic E-state index is 3.71. The lowest BCUT2D eigenvalue weighted by atomic mass is 9.98. The SMILES string of the molecule is CCCCC(CC)CNN1C(C)CCCC1C. The molecule has 17 heavy (non-hydrogen) atoms. The number of hydrazine groups is 1. The molecule has 0 bridgehead atoms. The average Bonchev–Trinajstić information content (AvgIpc) is 2.32. The van der Waals surface area contributed by atoms with Gasteiger partial charge in [-0.05, 0) is 39.0 Å². The van der Waals surface area contributed by atoms with E-state index in [-0.39, 0.29) is 0 Å². The van der Waals surface area contributed by atoms with Gasteiger partial charge in [0.1, 0.15) is 0 Å². The van der Waals surface area contributed by atoms with Crippen LogP contribution in [0.5, 0.6) is 0 Å². The van der Waals surface area contributed by atoms with Crippen molar-refractivity contribution in [2.75, 3.05) is 6.54 Å². The Morgan fingerprint density at radius 2 is 1.82 bits per heavy atom. The molecule has 0 amide bonds. The topological polar surface area (TPSA) is 15.3 Å². The van der Waals surface area contributed by atoms with E-state index in [0.717, 1.165) is 5.92 Å². The van der Waals surface area contributed by atoms with Crippen molar-refractivity contribution in [1.29, 1.82) is 0 Å². The lowest BCUT2D eigenvalue weighted by Crippen LogP contribution is -2.53. The van der Waals surface area contributed by atoms with E-state index in [1.54, 1.807) is 0 Å². The molecule has 0 aliphatic carbocycles. The zero-order chi connectivity index (χ0) is 12.7. The van der Waals surface area contributed by atoms with Crippen LogP contribution in [-0.4, -0.2) is 23.6 Å². The molecule has 1 saturated heterocycles. The first-order valence-corrected chi connectivity index (χ1v) is 7.70. The molecule has 1 fully saturated rings. The van der Waals surface area contributed by atoms with Crippen LogP contribution in [0, 0.1) is 5.92 Å². The molecular formula is C15H32N2. The first-order chi connectivity index (χ1) is 8.19. The lowest BCUT2D eigenvalue weighted by Gasteiger charge is -2.40. The Labute approximate surface area is 108 Å². The molecule has 0 radical (unpaired) electrons. The van der Waals surface area contributed by atoms with Gasteiger partial charge in [-0.15, -0.1) is 0 Å². The van der Waals surface area contributed by atoms with Gasteiger partial charge < -0.3 is 0 Å². The third kappa shape index (κ3) is 4.97. The van der Waals surface area contributed by atoms with Crippen LogP contribution in [0.25, 0.3) is 0 Å². The molecule has 0 aromatic heterocycles. The fourth-order valence-corrected chi connectivity index (χ4v) is 2.91. The van der Waals surface area contributed by atoms with Gasteiger partial charge in [-0.1, -0.05) is 39.5 Å². The zero-order valence-electron chi connectivity index (χ0n) is 12.3. The molecule has 0 aromatic carbocycles. The second-order valence-electron chi connectivity index (χ2n) is 5.81. The predicted molar refractivity (Wildman–Crippen MR) is 75.9 cm³/mol. The van der Waals surface area contributed by atoms with E-state index in [0.29, 0.717) is 12.1 Å². The minimum absolute atomic E-state index is 0.711. The summed E-state index contributed by atoms with van der Waals surface area (Å²) in [6, 6.07) is 1.42. The third-order valence-corrected chi connectivity index (χ3v) is 4.30. The van der Waals surface area contributed by atoms with E-state index in [1.165, 1.54) is 51.5 Å². The third-order valence-electron chi connectivity index (χ3n) is 4.30. The van der Waals surface area contributed by atoms with E-state index in [9.17, 15) is 0 Å². The minimum atomic E-state index is 0.711. The Kier molecular flexibility index (Phi) is 7.14. The molecule has 0 saturated carbocycles. The molecule has 3 unspecified atom stereocenters. The summed E-state index contributed by atoms with van der Waals surface area (Å²) >= 11 is 0. The molecule has 3 atom stereocenters. The van der Waals surface area contributed by atoms with Gasteiger partial charge in [0.25, 0.3) is 0 Å². The smallest absolute Gasteiger partial charge is 0.0218 e. The van der Waals surface area contributed by atoms with Crippen molar-refractivity contribution < 1.29 is 0 Å². The molecule has 2 nitrogen and oxygen atoms in total.